The topological polar surface area (TPSA) is 78.4 Å². The average molecular weight is 286 g/mol. The minimum atomic E-state index is -0.678. The van der Waals surface area contributed by atoms with E-state index in [9.17, 15) is 9.59 Å². The van der Waals surface area contributed by atoms with Crippen LogP contribution >= 0.6 is 11.8 Å². The zero-order valence-electron chi connectivity index (χ0n) is 11.1. The first-order valence-electron chi connectivity index (χ1n) is 7.00. The van der Waals surface area contributed by atoms with Gasteiger partial charge in [0.25, 0.3) is 0 Å². The van der Waals surface area contributed by atoms with Crippen LogP contribution in [0.4, 0.5) is 4.79 Å². The highest BCUT2D eigenvalue weighted by Gasteiger charge is 2.26. The number of nitrogens with one attached hydrogen (secondary N) is 2. The highest BCUT2D eigenvalue weighted by atomic mass is 32.2. The summed E-state index contributed by atoms with van der Waals surface area (Å²) in [5.74, 6) is 1.71. The van der Waals surface area contributed by atoms with Crippen LogP contribution in [0.25, 0.3) is 0 Å². The maximum Gasteiger partial charge on any atom is 0.315 e. The first-order valence-corrected chi connectivity index (χ1v) is 8.15. The maximum atomic E-state index is 11.7. The number of amides is 2. The fourth-order valence-electron chi connectivity index (χ4n) is 2.74. The van der Waals surface area contributed by atoms with Gasteiger partial charge in [0.15, 0.2) is 0 Å². The van der Waals surface area contributed by atoms with Gasteiger partial charge in [0, 0.05) is 18.3 Å². The van der Waals surface area contributed by atoms with Gasteiger partial charge in [-0.1, -0.05) is 0 Å². The van der Waals surface area contributed by atoms with E-state index >= 15 is 0 Å². The predicted molar refractivity (Wildman–Crippen MR) is 75.3 cm³/mol. The zero-order chi connectivity index (χ0) is 13.7. The summed E-state index contributed by atoms with van der Waals surface area (Å²) in [6.45, 7) is 0.665. The highest BCUT2D eigenvalue weighted by Crippen LogP contribution is 2.28. The van der Waals surface area contributed by atoms with Crippen LogP contribution in [-0.2, 0) is 4.79 Å². The fraction of sp³-hybridized carbons (Fsp3) is 0.846. The Morgan fingerprint density at radius 2 is 1.89 bits per heavy atom. The van der Waals surface area contributed by atoms with Gasteiger partial charge >= 0.3 is 12.0 Å². The normalized spacial score (nSPS) is 30.8. The molecule has 2 aliphatic rings. The average Bonchev–Trinajstić information content (AvgIpc) is 2.89. The maximum absolute atomic E-state index is 11.7. The smallest absolute Gasteiger partial charge is 0.315 e. The van der Waals surface area contributed by atoms with Crippen LogP contribution in [0.15, 0.2) is 0 Å². The Kier molecular flexibility index (Phi) is 5.36. The molecule has 0 bridgehead atoms. The van der Waals surface area contributed by atoms with Crippen molar-refractivity contribution in [2.45, 2.75) is 38.1 Å². The summed E-state index contributed by atoms with van der Waals surface area (Å²) in [6, 6.07) is 0.237. The molecule has 0 aromatic rings. The lowest BCUT2D eigenvalue weighted by Gasteiger charge is -2.26. The van der Waals surface area contributed by atoms with Crippen LogP contribution < -0.4 is 10.6 Å². The number of urea groups is 1. The molecule has 19 heavy (non-hydrogen) atoms. The summed E-state index contributed by atoms with van der Waals surface area (Å²) in [7, 11) is 0. The Balaban J connectivity index is 1.60. The van der Waals surface area contributed by atoms with Crippen LogP contribution in [0.3, 0.4) is 0 Å². The molecule has 108 valence electrons. The van der Waals surface area contributed by atoms with E-state index < -0.39 is 5.97 Å². The molecule has 0 aromatic heterocycles. The van der Waals surface area contributed by atoms with Gasteiger partial charge < -0.3 is 15.7 Å². The van der Waals surface area contributed by atoms with E-state index in [2.05, 4.69) is 10.6 Å². The molecule has 1 aliphatic heterocycles. The van der Waals surface area contributed by atoms with E-state index in [1.54, 1.807) is 0 Å². The number of thioether (sulfide) groups is 1. The third kappa shape index (κ3) is 4.60. The second-order valence-corrected chi connectivity index (χ2v) is 6.62. The third-order valence-corrected chi connectivity index (χ3v) is 5.17. The number of carboxylic acids is 1. The summed E-state index contributed by atoms with van der Waals surface area (Å²) in [5.41, 5.74) is 0. The van der Waals surface area contributed by atoms with Crippen molar-refractivity contribution in [1.82, 2.24) is 10.6 Å². The number of hydrogen-bond donors (Lipinski definition) is 3. The molecule has 0 radical (unpaired) electrons. The highest BCUT2D eigenvalue weighted by molar-refractivity contribution is 7.99. The lowest BCUT2D eigenvalue weighted by Crippen LogP contribution is -2.44. The van der Waals surface area contributed by atoms with Gasteiger partial charge in [-0.05, 0) is 43.8 Å². The van der Waals surface area contributed by atoms with Crippen molar-refractivity contribution < 1.29 is 14.7 Å². The molecule has 3 N–H and O–H groups in total. The second-order valence-electron chi connectivity index (χ2n) is 5.47. The first kappa shape index (κ1) is 14.5. The Bertz CT molecular complexity index is 324. The van der Waals surface area contributed by atoms with Gasteiger partial charge in [-0.15, -0.1) is 0 Å². The molecule has 1 saturated carbocycles. The van der Waals surface area contributed by atoms with Gasteiger partial charge in [0.05, 0.1) is 5.92 Å². The van der Waals surface area contributed by atoms with E-state index in [0.717, 1.165) is 43.6 Å². The number of carboxylic acid groups (broad SMARTS) is 1. The zero-order valence-corrected chi connectivity index (χ0v) is 11.9. The molecule has 1 saturated heterocycles. The van der Waals surface area contributed by atoms with Crippen molar-refractivity contribution in [2.75, 3.05) is 18.1 Å². The number of carbonyl (C=O) groups excluding carboxylic acids is 1. The fourth-order valence-corrected chi connectivity index (χ4v) is 3.89. The minimum Gasteiger partial charge on any atom is -0.481 e. The SMILES string of the molecule is O=C(NCC1CCC(C(=O)O)CC1)NC1CCSC1. The molecular weight excluding hydrogens is 264 g/mol. The van der Waals surface area contributed by atoms with Gasteiger partial charge in [-0.25, -0.2) is 4.79 Å². The lowest BCUT2D eigenvalue weighted by molar-refractivity contribution is -0.143. The van der Waals surface area contributed by atoms with E-state index in [0.29, 0.717) is 18.5 Å². The van der Waals surface area contributed by atoms with Gasteiger partial charge in [0.2, 0.25) is 0 Å². The van der Waals surface area contributed by atoms with Crippen LogP contribution in [0.5, 0.6) is 0 Å². The Morgan fingerprint density at radius 1 is 1.16 bits per heavy atom. The molecule has 1 aliphatic carbocycles. The van der Waals surface area contributed by atoms with Crippen molar-refractivity contribution in [2.24, 2.45) is 11.8 Å². The number of hydrogen-bond acceptors (Lipinski definition) is 3. The Hall–Kier alpha value is -0.910. The van der Waals surface area contributed by atoms with Crippen molar-refractivity contribution >= 4 is 23.8 Å². The Morgan fingerprint density at radius 3 is 2.47 bits per heavy atom. The molecule has 2 rings (SSSR count). The van der Waals surface area contributed by atoms with Crippen molar-refractivity contribution in [3.05, 3.63) is 0 Å². The van der Waals surface area contributed by atoms with Crippen molar-refractivity contribution in [3.8, 4) is 0 Å². The molecular formula is C13H22N2O3S. The molecule has 0 aromatic carbocycles. The molecule has 1 heterocycles. The Labute approximate surface area is 117 Å². The molecule has 0 spiro atoms. The van der Waals surface area contributed by atoms with Gasteiger partial charge in [-0.2, -0.15) is 11.8 Å². The molecule has 2 amide bonds. The monoisotopic (exact) mass is 286 g/mol. The lowest BCUT2D eigenvalue weighted by atomic mass is 9.82. The van der Waals surface area contributed by atoms with Crippen LogP contribution in [0.1, 0.15) is 32.1 Å². The first-order chi connectivity index (χ1) is 9.15. The van der Waals surface area contributed by atoms with Crippen molar-refractivity contribution in [1.29, 1.82) is 0 Å². The molecule has 2 fully saturated rings. The van der Waals surface area contributed by atoms with E-state index in [-0.39, 0.29) is 11.9 Å². The van der Waals surface area contributed by atoms with E-state index in [1.165, 1.54) is 0 Å². The number of carbonyl (C=O) groups is 2. The van der Waals surface area contributed by atoms with E-state index in [1.807, 2.05) is 11.8 Å². The summed E-state index contributed by atoms with van der Waals surface area (Å²) in [5, 5.41) is 14.8. The van der Waals surface area contributed by atoms with Crippen LogP contribution in [0.2, 0.25) is 0 Å². The molecule has 1 unspecified atom stereocenters. The second kappa shape index (κ2) is 7.03. The number of aliphatic carboxylic acids is 1. The predicted octanol–water partition coefficient (Wildman–Crippen LogP) is 1.68. The van der Waals surface area contributed by atoms with Crippen LogP contribution in [0, 0.1) is 11.8 Å². The van der Waals surface area contributed by atoms with Crippen LogP contribution in [-0.4, -0.2) is 41.2 Å². The van der Waals surface area contributed by atoms with Gasteiger partial charge in [0.1, 0.15) is 0 Å². The summed E-state index contributed by atoms with van der Waals surface area (Å²) in [6.07, 6.45) is 4.33. The minimum absolute atomic E-state index is 0.0761. The summed E-state index contributed by atoms with van der Waals surface area (Å²) in [4.78, 5) is 22.5. The summed E-state index contributed by atoms with van der Waals surface area (Å²) < 4.78 is 0. The third-order valence-electron chi connectivity index (χ3n) is 4.01. The molecule has 5 nitrogen and oxygen atoms in total. The summed E-state index contributed by atoms with van der Waals surface area (Å²) >= 11 is 1.88. The quantitative estimate of drug-likeness (QED) is 0.735. The van der Waals surface area contributed by atoms with E-state index in [4.69, 9.17) is 5.11 Å². The van der Waals surface area contributed by atoms with Gasteiger partial charge in [-0.3, -0.25) is 4.79 Å². The molecule has 1 atom stereocenters. The number of rotatable bonds is 4. The molecule has 6 heteroatoms. The van der Waals surface area contributed by atoms with Crippen molar-refractivity contribution in [3.63, 3.8) is 0 Å². The largest absolute Gasteiger partial charge is 0.481 e. The standard InChI is InChI=1S/C13H22N2O3S/c16-12(17)10-3-1-9(2-4-10)7-14-13(18)15-11-5-6-19-8-11/h9-11H,1-8H2,(H,16,17)(H2,14,15,18).